The average molecular weight is 551 g/mol. The number of alkyl halides is 3. The SMILES string of the molecule is CCCCCc1ccc(CCc2ccc(-c3ccc(CCOS(=O)(=O)C(F)(F)F)cc3CC)c(F)c2)cc1. The Balaban J connectivity index is 1.63. The molecule has 0 radical (unpaired) electrons. The standard InChI is InChI=1S/C30H34F4O3S/c1-3-5-6-7-22-8-10-23(11-9-22)12-13-24-15-17-28(29(31)21-24)27-16-14-25(20-26(27)4-2)18-19-37-38(35,36)30(32,33)34/h8-11,14-17,20-21H,3-7,12-13,18-19H2,1-2H3. The second-order valence-corrected chi connectivity index (χ2v) is 11.0. The number of hydrogen-bond donors (Lipinski definition) is 0. The predicted octanol–water partition coefficient (Wildman–Crippen LogP) is 7.98. The maximum atomic E-state index is 15.1. The summed E-state index contributed by atoms with van der Waals surface area (Å²) in [6, 6.07) is 19.0. The van der Waals surface area contributed by atoms with Gasteiger partial charge >= 0.3 is 15.6 Å². The van der Waals surface area contributed by atoms with Gasteiger partial charge in [-0.2, -0.15) is 21.6 Å². The molecular weight excluding hydrogens is 516 g/mol. The molecule has 3 rings (SSSR count). The van der Waals surface area contributed by atoms with Gasteiger partial charge in [-0.05, 0) is 78.0 Å². The Labute approximate surface area is 223 Å². The van der Waals surface area contributed by atoms with E-state index in [1.165, 1.54) is 30.4 Å². The summed E-state index contributed by atoms with van der Waals surface area (Å²) < 4.78 is 78.6. The fourth-order valence-corrected chi connectivity index (χ4v) is 4.80. The number of hydrogen-bond acceptors (Lipinski definition) is 3. The van der Waals surface area contributed by atoms with Crippen LogP contribution >= 0.6 is 0 Å². The van der Waals surface area contributed by atoms with Gasteiger partial charge in [0.05, 0.1) is 6.61 Å². The van der Waals surface area contributed by atoms with E-state index in [-0.39, 0.29) is 12.2 Å². The molecule has 3 aromatic rings. The van der Waals surface area contributed by atoms with Gasteiger partial charge in [-0.1, -0.05) is 81.3 Å². The third-order valence-corrected chi connectivity index (χ3v) is 7.63. The van der Waals surface area contributed by atoms with Crippen LogP contribution in [0, 0.1) is 5.82 Å². The van der Waals surface area contributed by atoms with E-state index in [9.17, 15) is 21.6 Å². The van der Waals surface area contributed by atoms with Crippen LogP contribution in [0.4, 0.5) is 17.6 Å². The summed E-state index contributed by atoms with van der Waals surface area (Å²) in [6.45, 7) is 3.46. The molecular formula is C30H34F4O3S. The van der Waals surface area contributed by atoms with Crippen molar-refractivity contribution in [2.75, 3.05) is 6.61 Å². The molecule has 0 spiro atoms. The minimum Gasteiger partial charge on any atom is -0.263 e. The molecule has 0 N–H and O–H groups in total. The van der Waals surface area contributed by atoms with Crippen LogP contribution in [-0.2, 0) is 46.4 Å². The number of benzene rings is 3. The van der Waals surface area contributed by atoms with E-state index in [4.69, 9.17) is 0 Å². The lowest BCUT2D eigenvalue weighted by Crippen LogP contribution is -2.26. The van der Waals surface area contributed by atoms with Crippen molar-refractivity contribution in [3.8, 4) is 11.1 Å². The molecule has 0 aliphatic carbocycles. The first-order valence-corrected chi connectivity index (χ1v) is 14.4. The van der Waals surface area contributed by atoms with Crippen molar-refractivity contribution in [2.24, 2.45) is 0 Å². The first-order valence-electron chi connectivity index (χ1n) is 13.0. The molecule has 8 heteroatoms. The third-order valence-electron chi connectivity index (χ3n) is 6.58. The minimum absolute atomic E-state index is 0.0241. The summed E-state index contributed by atoms with van der Waals surface area (Å²) in [7, 11) is -5.62. The molecule has 0 fully saturated rings. The number of unbranched alkanes of at least 4 members (excludes halogenated alkanes) is 2. The largest absolute Gasteiger partial charge is 0.523 e. The van der Waals surface area contributed by atoms with Crippen molar-refractivity contribution in [3.63, 3.8) is 0 Å². The number of aryl methyl sites for hydroxylation is 4. The smallest absolute Gasteiger partial charge is 0.263 e. The monoisotopic (exact) mass is 550 g/mol. The molecule has 0 unspecified atom stereocenters. The van der Waals surface area contributed by atoms with E-state index in [0.29, 0.717) is 29.5 Å². The zero-order valence-corrected chi connectivity index (χ0v) is 22.6. The highest BCUT2D eigenvalue weighted by Gasteiger charge is 2.47. The van der Waals surface area contributed by atoms with Crippen molar-refractivity contribution in [1.29, 1.82) is 0 Å². The van der Waals surface area contributed by atoms with Crippen LogP contribution in [0.15, 0.2) is 60.7 Å². The van der Waals surface area contributed by atoms with Crippen LogP contribution in [0.1, 0.15) is 60.9 Å². The van der Waals surface area contributed by atoms with E-state index >= 15 is 4.39 Å². The normalized spacial score (nSPS) is 12.2. The van der Waals surface area contributed by atoms with Gasteiger partial charge < -0.3 is 0 Å². The minimum atomic E-state index is -5.62. The van der Waals surface area contributed by atoms with E-state index in [1.54, 1.807) is 30.3 Å². The summed E-state index contributed by atoms with van der Waals surface area (Å²) in [5, 5.41) is 0. The average Bonchev–Trinajstić information content (AvgIpc) is 2.88. The van der Waals surface area contributed by atoms with E-state index in [2.05, 4.69) is 35.4 Å². The highest BCUT2D eigenvalue weighted by Crippen LogP contribution is 2.30. The van der Waals surface area contributed by atoms with Crippen LogP contribution in [0.5, 0.6) is 0 Å². The zero-order valence-electron chi connectivity index (χ0n) is 21.8. The Kier molecular flexibility index (Phi) is 10.5. The number of halogens is 4. The first kappa shape index (κ1) is 29.8. The highest BCUT2D eigenvalue weighted by atomic mass is 32.2. The van der Waals surface area contributed by atoms with Gasteiger partial charge in [0.25, 0.3) is 0 Å². The van der Waals surface area contributed by atoms with Crippen molar-refractivity contribution >= 4 is 10.1 Å². The molecule has 0 bridgehead atoms. The summed E-state index contributed by atoms with van der Waals surface area (Å²) >= 11 is 0. The van der Waals surface area contributed by atoms with Crippen LogP contribution < -0.4 is 0 Å². The first-order chi connectivity index (χ1) is 18.0. The Morgan fingerprint density at radius 2 is 1.26 bits per heavy atom. The topological polar surface area (TPSA) is 43.4 Å². The van der Waals surface area contributed by atoms with Gasteiger partial charge in [0, 0.05) is 5.56 Å². The molecule has 206 valence electrons. The molecule has 0 saturated heterocycles. The van der Waals surface area contributed by atoms with Crippen LogP contribution in [0.25, 0.3) is 11.1 Å². The van der Waals surface area contributed by atoms with E-state index < -0.39 is 22.2 Å². The van der Waals surface area contributed by atoms with Gasteiger partial charge in [0.2, 0.25) is 0 Å². The summed E-state index contributed by atoms with van der Waals surface area (Å²) in [5.41, 5.74) is 0.568. The quantitative estimate of drug-likeness (QED) is 0.0938. The Bertz CT molecular complexity index is 1300. The zero-order chi connectivity index (χ0) is 27.8. The van der Waals surface area contributed by atoms with Crippen LogP contribution in [0.3, 0.4) is 0 Å². The third kappa shape index (κ3) is 8.14. The molecule has 0 saturated carbocycles. The van der Waals surface area contributed by atoms with E-state index in [1.807, 2.05) is 13.0 Å². The predicted molar refractivity (Wildman–Crippen MR) is 143 cm³/mol. The van der Waals surface area contributed by atoms with E-state index in [0.717, 1.165) is 24.0 Å². The maximum absolute atomic E-state index is 15.1. The fraction of sp³-hybridized carbons (Fsp3) is 0.400. The Hall–Kier alpha value is -2.71. The summed E-state index contributed by atoms with van der Waals surface area (Å²) in [4.78, 5) is 0. The molecule has 38 heavy (non-hydrogen) atoms. The molecule has 0 aliphatic rings. The second-order valence-electron chi connectivity index (χ2n) is 9.40. The number of rotatable bonds is 13. The maximum Gasteiger partial charge on any atom is 0.523 e. The van der Waals surface area contributed by atoms with Crippen LogP contribution in [-0.4, -0.2) is 20.5 Å². The van der Waals surface area contributed by atoms with Gasteiger partial charge in [-0.3, -0.25) is 4.18 Å². The fourth-order valence-electron chi connectivity index (χ4n) is 4.37. The lowest BCUT2D eigenvalue weighted by atomic mass is 9.93. The molecule has 3 aromatic carbocycles. The summed E-state index contributed by atoms with van der Waals surface area (Å²) in [5.74, 6) is -0.337. The van der Waals surface area contributed by atoms with Crippen molar-refractivity contribution in [3.05, 3.63) is 94.3 Å². The van der Waals surface area contributed by atoms with Crippen molar-refractivity contribution in [2.45, 2.75) is 70.7 Å². The van der Waals surface area contributed by atoms with Crippen LogP contribution in [0.2, 0.25) is 0 Å². The van der Waals surface area contributed by atoms with Gasteiger partial charge in [-0.25, -0.2) is 4.39 Å². The van der Waals surface area contributed by atoms with Gasteiger partial charge in [0.1, 0.15) is 5.82 Å². The molecule has 0 aliphatic heterocycles. The van der Waals surface area contributed by atoms with Crippen molar-refractivity contribution in [1.82, 2.24) is 0 Å². The Morgan fingerprint density at radius 1 is 0.711 bits per heavy atom. The lowest BCUT2D eigenvalue weighted by molar-refractivity contribution is -0.0541. The molecule has 0 amide bonds. The molecule has 0 heterocycles. The molecule has 3 nitrogen and oxygen atoms in total. The van der Waals surface area contributed by atoms with Gasteiger partial charge in [-0.15, -0.1) is 0 Å². The Morgan fingerprint density at radius 3 is 1.84 bits per heavy atom. The summed E-state index contributed by atoms with van der Waals surface area (Å²) in [6.07, 6.45) is 6.81. The second kappa shape index (κ2) is 13.4. The van der Waals surface area contributed by atoms with Gasteiger partial charge in [0.15, 0.2) is 0 Å². The molecule has 0 aromatic heterocycles. The highest BCUT2D eigenvalue weighted by molar-refractivity contribution is 7.87. The lowest BCUT2D eigenvalue weighted by Gasteiger charge is -2.13. The molecule has 0 atom stereocenters. The van der Waals surface area contributed by atoms with Crippen molar-refractivity contribution < 1.29 is 30.2 Å².